The van der Waals surface area contributed by atoms with Crippen LogP contribution in [0.25, 0.3) is 0 Å². The number of carbonyl (C=O) groups excluding carboxylic acids is 1. The molecule has 5 atom stereocenters. The van der Waals surface area contributed by atoms with Crippen LogP contribution in [-0.2, 0) is 33.2 Å². The van der Waals surface area contributed by atoms with Crippen LogP contribution in [0.4, 0.5) is 0 Å². The molecule has 0 amide bonds. The van der Waals surface area contributed by atoms with Crippen molar-refractivity contribution in [2.75, 3.05) is 6.61 Å². The number of rotatable bonds is 5. The topological polar surface area (TPSA) is 72.5 Å². The average molecular weight is 344 g/mol. The molecule has 0 N–H and O–H groups in total. The molecule has 3 heterocycles. The van der Waals surface area contributed by atoms with Gasteiger partial charge in [0.25, 0.3) is 0 Å². The van der Waals surface area contributed by atoms with Crippen LogP contribution < -0.4 is 0 Å². The molecule has 138 valence electrons. The minimum Gasteiger partial charge on any atom is -0.463 e. The maximum absolute atomic E-state index is 11.8. The summed E-state index contributed by atoms with van der Waals surface area (Å²) in [5.41, 5.74) is 0. The van der Waals surface area contributed by atoms with E-state index < -0.39 is 24.0 Å². The lowest BCUT2D eigenvalue weighted by Crippen LogP contribution is -2.56. The fourth-order valence-electron chi connectivity index (χ4n) is 3.40. The molecule has 0 bridgehead atoms. The molecule has 0 aromatic rings. The minimum atomic E-state index is -0.747. The zero-order valence-corrected chi connectivity index (χ0v) is 15.1. The highest BCUT2D eigenvalue weighted by Gasteiger charge is 2.60. The lowest BCUT2D eigenvalue weighted by Gasteiger charge is -2.36. The van der Waals surface area contributed by atoms with Crippen molar-refractivity contribution in [3.8, 4) is 0 Å². The zero-order valence-electron chi connectivity index (χ0n) is 15.1. The third-order valence-electron chi connectivity index (χ3n) is 4.39. The van der Waals surface area contributed by atoms with E-state index in [-0.39, 0.29) is 30.9 Å². The molecule has 3 aliphatic rings. The van der Waals surface area contributed by atoms with Gasteiger partial charge in [-0.15, -0.1) is 0 Å². The Balaban J connectivity index is 1.67. The van der Waals surface area contributed by atoms with Gasteiger partial charge in [-0.3, -0.25) is 4.79 Å². The quantitative estimate of drug-likeness (QED) is 0.707. The molecule has 2 unspecified atom stereocenters. The summed E-state index contributed by atoms with van der Waals surface area (Å²) < 4.78 is 35.1. The summed E-state index contributed by atoms with van der Waals surface area (Å²) in [5, 5.41) is 0. The Labute approximate surface area is 142 Å². The van der Waals surface area contributed by atoms with Crippen molar-refractivity contribution in [1.29, 1.82) is 0 Å². The van der Waals surface area contributed by atoms with E-state index in [0.29, 0.717) is 6.42 Å². The van der Waals surface area contributed by atoms with Gasteiger partial charge in [0.1, 0.15) is 31.0 Å². The number of ether oxygens (including phenoxy) is 6. The second kappa shape index (κ2) is 6.53. The number of unbranched alkanes of at least 4 members (excludes halogenated alkanes) is 1. The first-order valence-corrected chi connectivity index (χ1v) is 8.73. The first-order valence-electron chi connectivity index (χ1n) is 8.73. The van der Waals surface area contributed by atoms with Crippen molar-refractivity contribution in [1.82, 2.24) is 0 Å². The molecule has 7 nitrogen and oxygen atoms in total. The third kappa shape index (κ3) is 3.75. The maximum Gasteiger partial charge on any atom is 0.305 e. The number of hydrogen-bond acceptors (Lipinski definition) is 7. The van der Waals surface area contributed by atoms with Gasteiger partial charge in [-0.05, 0) is 34.1 Å². The normalized spacial score (nSPS) is 39.3. The summed E-state index contributed by atoms with van der Waals surface area (Å²) in [6.07, 6.45) is 0.141. The van der Waals surface area contributed by atoms with E-state index in [0.717, 1.165) is 12.8 Å². The van der Waals surface area contributed by atoms with Crippen LogP contribution in [0.2, 0.25) is 0 Å². The summed E-state index contributed by atoms with van der Waals surface area (Å²) >= 11 is 0. The summed E-state index contributed by atoms with van der Waals surface area (Å²) in [7, 11) is 0. The van der Waals surface area contributed by atoms with Gasteiger partial charge in [-0.1, -0.05) is 13.3 Å². The van der Waals surface area contributed by atoms with Crippen LogP contribution in [0.3, 0.4) is 0 Å². The van der Waals surface area contributed by atoms with Gasteiger partial charge in [-0.25, -0.2) is 0 Å². The molecule has 0 radical (unpaired) electrons. The van der Waals surface area contributed by atoms with Crippen molar-refractivity contribution in [2.45, 2.75) is 96.2 Å². The van der Waals surface area contributed by atoms with Crippen molar-refractivity contribution in [3.05, 3.63) is 0 Å². The number of fused-ring (bicyclic) bond motifs is 3. The molecule has 7 heteroatoms. The summed E-state index contributed by atoms with van der Waals surface area (Å²) in [4.78, 5) is 11.8. The predicted molar refractivity (Wildman–Crippen MR) is 83.0 cm³/mol. The highest BCUT2D eigenvalue weighted by Crippen LogP contribution is 2.44. The van der Waals surface area contributed by atoms with E-state index >= 15 is 0 Å². The van der Waals surface area contributed by atoms with E-state index in [1.807, 2.05) is 34.6 Å². The monoisotopic (exact) mass is 344 g/mol. The standard InChI is InChI=1S/C17H28O7/c1-6-7-8-11(18)19-9-10-12-13(22-16(2,3)21-12)14-15(20-10)24-17(4,5)23-14/h10,12-15H,6-9H2,1-5H3/t10-,12+,13+,14?,15?/m1/s1. The molecule has 3 saturated heterocycles. The Bertz CT molecular complexity index is 476. The van der Waals surface area contributed by atoms with E-state index in [4.69, 9.17) is 28.4 Å². The molecular formula is C17H28O7. The SMILES string of the molecule is CCCCC(=O)OC[C@H]1OC2OC(C)(C)OC2[C@H]2OC(C)(C)O[C@H]21. The van der Waals surface area contributed by atoms with Gasteiger partial charge in [0.15, 0.2) is 17.9 Å². The molecule has 0 spiro atoms. The molecule has 0 saturated carbocycles. The lowest BCUT2D eigenvalue weighted by atomic mass is 9.99. The molecule has 24 heavy (non-hydrogen) atoms. The van der Waals surface area contributed by atoms with Crippen molar-refractivity contribution >= 4 is 5.97 Å². The fourth-order valence-corrected chi connectivity index (χ4v) is 3.40. The second-order valence-electron chi connectivity index (χ2n) is 7.49. The van der Waals surface area contributed by atoms with Crippen LogP contribution >= 0.6 is 0 Å². The molecule has 0 aromatic heterocycles. The van der Waals surface area contributed by atoms with Gasteiger partial charge in [0, 0.05) is 6.42 Å². The molecule has 0 aromatic carbocycles. The Morgan fingerprint density at radius 3 is 2.29 bits per heavy atom. The van der Waals surface area contributed by atoms with Gasteiger partial charge in [0.05, 0.1) is 0 Å². The molecule has 3 aliphatic heterocycles. The van der Waals surface area contributed by atoms with Crippen LogP contribution in [-0.4, -0.2) is 54.9 Å². The lowest BCUT2D eigenvalue weighted by molar-refractivity contribution is -0.242. The molecular weight excluding hydrogens is 316 g/mol. The van der Waals surface area contributed by atoms with E-state index in [1.165, 1.54) is 0 Å². The number of hydrogen-bond donors (Lipinski definition) is 0. The number of carbonyl (C=O) groups is 1. The largest absolute Gasteiger partial charge is 0.463 e. The molecule has 0 aliphatic carbocycles. The minimum absolute atomic E-state index is 0.121. The summed E-state index contributed by atoms with van der Waals surface area (Å²) in [6.45, 7) is 9.54. The first-order chi connectivity index (χ1) is 11.2. The van der Waals surface area contributed by atoms with Gasteiger partial charge < -0.3 is 28.4 Å². The molecule has 3 rings (SSSR count). The third-order valence-corrected chi connectivity index (χ3v) is 4.39. The Morgan fingerprint density at radius 2 is 1.58 bits per heavy atom. The van der Waals surface area contributed by atoms with Crippen molar-refractivity contribution in [3.63, 3.8) is 0 Å². The first kappa shape index (κ1) is 18.1. The average Bonchev–Trinajstić information content (AvgIpc) is 2.96. The molecule has 3 fully saturated rings. The predicted octanol–water partition coefficient (Wildman–Crippen LogP) is 2.12. The van der Waals surface area contributed by atoms with Crippen LogP contribution in [0, 0.1) is 0 Å². The summed E-state index contributed by atoms with van der Waals surface area (Å²) in [6, 6.07) is 0. The Hall–Kier alpha value is -0.730. The van der Waals surface area contributed by atoms with Crippen LogP contribution in [0.5, 0.6) is 0 Å². The highest BCUT2D eigenvalue weighted by molar-refractivity contribution is 5.69. The van der Waals surface area contributed by atoms with E-state index in [9.17, 15) is 4.79 Å². The van der Waals surface area contributed by atoms with Gasteiger partial charge in [-0.2, -0.15) is 0 Å². The van der Waals surface area contributed by atoms with E-state index in [1.54, 1.807) is 0 Å². The highest BCUT2D eigenvalue weighted by atomic mass is 16.9. The van der Waals surface area contributed by atoms with Gasteiger partial charge >= 0.3 is 5.97 Å². The number of esters is 1. The van der Waals surface area contributed by atoms with Crippen molar-refractivity contribution in [2.24, 2.45) is 0 Å². The Morgan fingerprint density at radius 1 is 0.958 bits per heavy atom. The summed E-state index contributed by atoms with van der Waals surface area (Å²) in [5.74, 6) is -1.71. The zero-order chi connectivity index (χ0) is 17.5. The van der Waals surface area contributed by atoms with Crippen molar-refractivity contribution < 1.29 is 33.2 Å². The Kier molecular flexibility index (Phi) is 4.92. The van der Waals surface area contributed by atoms with Crippen LogP contribution in [0.15, 0.2) is 0 Å². The van der Waals surface area contributed by atoms with Gasteiger partial charge in [0.2, 0.25) is 0 Å². The fraction of sp³-hybridized carbons (Fsp3) is 0.941. The smallest absolute Gasteiger partial charge is 0.305 e. The maximum atomic E-state index is 11.8. The van der Waals surface area contributed by atoms with Crippen LogP contribution in [0.1, 0.15) is 53.9 Å². The van der Waals surface area contributed by atoms with E-state index in [2.05, 4.69) is 0 Å². The second-order valence-corrected chi connectivity index (χ2v) is 7.49.